The summed E-state index contributed by atoms with van der Waals surface area (Å²) in [6.45, 7) is 4.35. The summed E-state index contributed by atoms with van der Waals surface area (Å²) in [6, 6.07) is 12.6. The Morgan fingerprint density at radius 1 is 1.24 bits per heavy atom. The molecule has 0 spiro atoms. The molecule has 2 aromatic rings. The van der Waals surface area contributed by atoms with Crippen molar-refractivity contribution in [3.63, 3.8) is 0 Å². The van der Waals surface area contributed by atoms with Crippen molar-refractivity contribution < 1.29 is 17.9 Å². The normalized spacial score (nSPS) is 13.5. The molecule has 1 aliphatic rings. The Hall–Kier alpha value is -2.46. The summed E-state index contributed by atoms with van der Waals surface area (Å²) in [5, 5.41) is 6.61. The molecule has 1 amide bonds. The van der Waals surface area contributed by atoms with Gasteiger partial charge in [0.25, 0.3) is 0 Å². The summed E-state index contributed by atoms with van der Waals surface area (Å²) in [5.74, 6) is 0.540. The van der Waals surface area contributed by atoms with Crippen molar-refractivity contribution in [2.24, 2.45) is 4.99 Å². The number of benzene rings is 2. The van der Waals surface area contributed by atoms with Gasteiger partial charge in [-0.2, -0.15) is 0 Å². The van der Waals surface area contributed by atoms with Crippen molar-refractivity contribution >= 4 is 33.2 Å². The summed E-state index contributed by atoms with van der Waals surface area (Å²) in [7, 11) is -1.75. The van der Waals surface area contributed by atoms with Crippen LogP contribution < -0.4 is 10.6 Å². The molecule has 1 aliphatic heterocycles. The van der Waals surface area contributed by atoms with Gasteiger partial charge in [0, 0.05) is 37.3 Å². The summed E-state index contributed by atoms with van der Waals surface area (Å²) in [4.78, 5) is 18.5. The number of aliphatic imine (C=N–C) groups is 1. The number of rotatable bonds is 11. The predicted molar refractivity (Wildman–Crippen MR) is 129 cm³/mol. The maximum atomic E-state index is 12.4. The smallest absolute Gasteiger partial charge is 0.248 e. The van der Waals surface area contributed by atoms with Gasteiger partial charge in [-0.15, -0.1) is 0 Å². The number of amides is 1. The molecule has 2 aromatic carbocycles. The third-order valence-corrected chi connectivity index (χ3v) is 7.16. The van der Waals surface area contributed by atoms with Crippen LogP contribution in [0.2, 0.25) is 5.02 Å². The molecule has 0 fully saturated rings. The van der Waals surface area contributed by atoms with E-state index >= 15 is 0 Å². The fourth-order valence-corrected chi connectivity index (χ4v) is 4.56. The predicted octanol–water partition coefficient (Wildman–Crippen LogP) is 1.99. The summed E-state index contributed by atoms with van der Waals surface area (Å²) < 4.78 is 30.2. The van der Waals surface area contributed by atoms with E-state index in [1.165, 1.54) is 6.07 Å². The first-order chi connectivity index (χ1) is 15.8. The number of aryl methyl sites for hydroxylation is 1. The highest BCUT2D eigenvalue weighted by Gasteiger charge is 2.15. The van der Waals surface area contributed by atoms with Crippen LogP contribution in [0.25, 0.3) is 0 Å². The van der Waals surface area contributed by atoms with Crippen molar-refractivity contribution in [3.05, 3.63) is 64.2 Å². The molecule has 0 radical (unpaired) electrons. The number of carbonyl (C=O) groups is 1. The fraction of sp³-hybridized carbons (Fsp3) is 0.391. The van der Waals surface area contributed by atoms with E-state index in [1.807, 2.05) is 24.3 Å². The molecule has 8 nitrogen and oxygen atoms in total. The monoisotopic (exact) mass is 492 g/mol. The molecule has 0 saturated heterocycles. The Morgan fingerprint density at radius 3 is 2.67 bits per heavy atom. The summed E-state index contributed by atoms with van der Waals surface area (Å²) in [5.41, 5.74) is 2.76. The Kier molecular flexibility index (Phi) is 8.85. The first kappa shape index (κ1) is 25.2. The minimum Gasteiger partial charge on any atom is -0.370 e. The van der Waals surface area contributed by atoms with Crippen molar-refractivity contribution in [2.45, 2.75) is 18.4 Å². The van der Waals surface area contributed by atoms with Gasteiger partial charge in [-0.25, -0.2) is 8.42 Å². The second-order valence-electron chi connectivity index (χ2n) is 7.83. The van der Waals surface area contributed by atoms with Gasteiger partial charge in [-0.1, -0.05) is 35.9 Å². The Labute approximate surface area is 199 Å². The molecule has 1 heterocycles. The van der Waals surface area contributed by atoms with E-state index in [1.54, 1.807) is 31.0 Å². The number of likely N-dealkylation sites (N-methyl/N-ethyl adjacent to an activating group) is 1. The molecule has 0 saturated carbocycles. The molecule has 2 N–H and O–H groups in total. The average molecular weight is 493 g/mol. The maximum absolute atomic E-state index is 12.4. The SMILES string of the molecule is Cc1cc(S(=O)(=O)CNCCOCC(=O)N(C)Cc2ccc(C3=NCCN3)cc2)ccc1Cl. The number of amidine groups is 1. The van der Waals surface area contributed by atoms with E-state index in [0.717, 1.165) is 30.1 Å². The molecular weight excluding hydrogens is 464 g/mol. The van der Waals surface area contributed by atoms with Crippen molar-refractivity contribution in [3.8, 4) is 0 Å². The van der Waals surface area contributed by atoms with Crippen LogP contribution in [0.3, 0.4) is 0 Å². The van der Waals surface area contributed by atoms with E-state index in [0.29, 0.717) is 23.7 Å². The quantitative estimate of drug-likeness (QED) is 0.465. The van der Waals surface area contributed by atoms with Crippen LogP contribution >= 0.6 is 11.6 Å². The maximum Gasteiger partial charge on any atom is 0.248 e. The van der Waals surface area contributed by atoms with Crippen LogP contribution in [0.4, 0.5) is 0 Å². The Balaban J connectivity index is 1.34. The Bertz CT molecular complexity index is 1100. The lowest BCUT2D eigenvalue weighted by molar-refractivity contribution is -0.135. The standard InChI is InChI=1S/C23H29ClN4O4S/c1-17-13-20(7-8-21(17)24)33(30,31)16-25-11-12-32-15-22(29)28(2)14-18-3-5-19(6-4-18)23-26-9-10-27-23/h3-8,13,25H,9-12,14-16H2,1-2H3,(H,26,27). The minimum absolute atomic E-state index is 0.0693. The van der Waals surface area contributed by atoms with Crippen LogP contribution in [-0.2, 0) is 25.9 Å². The van der Waals surface area contributed by atoms with Gasteiger partial charge in [0.15, 0.2) is 9.84 Å². The van der Waals surface area contributed by atoms with Crippen LogP contribution in [-0.4, -0.2) is 70.8 Å². The van der Waals surface area contributed by atoms with Gasteiger partial charge in [-0.05, 0) is 36.2 Å². The van der Waals surface area contributed by atoms with Crippen LogP contribution in [0.5, 0.6) is 0 Å². The summed E-state index contributed by atoms with van der Waals surface area (Å²) in [6.07, 6.45) is 0. The lowest BCUT2D eigenvalue weighted by atomic mass is 10.1. The van der Waals surface area contributed by atoms with Gasteiger partial charge in [0.1, 0.15) is 18.3 Å². The van der Waals surface area contributed by atoms with Gasteiger partial charge in [-0.3, -0.25) is 9.79 Å². The third kappa shape index (κ3) is 7.26. The fourth-order valence-electron chi connectivity index (χ4n) is 3.24. The first-order valence-electron chi connectivity index (χ1n) is 10.7. The number of hydrogen-bond donors (Lipinski definition) is 2. The van der Waals surface area contributed by atoms with Gasteiger partial charge < -0.3 is 20.3 Å². The average Bonchev–Trinajstić information content (AvgIpc) is 3.33. The first-order valence-corrected chi connectivity index (χ1v) is 12.7. The van der Waals surface area contributed by atoms with E-state index in [9.17, 15) is 13.2 Å². The molecule has 0 aromatic heterocycles. The van der Waals surface area contributed by atoms with Crippen LogP contribution in [0.1, 0.15) is 16.7 Å². The third-order valence-electron chi connectivity index (χ3n) is 5.18. The van der Waals surface area contributed by atoms with Crippen molar-refractivity contribution in [2.75, 3.05) is 45.8 Å². The Morgan fingerprint density at radius 2 is 2.00 bits per heavy atom. The van der Waals surface area contributed by atoms with Crippen molar-refractivity contribution in [1.82, 2.24) is 15.5 Å². The molecule has 0 aliphatic carbocycles. The highest BCUT2D eigenvalue weighted by atomic mass is 35.5. The van der Waals surface area contributed by atoms with Gasteiger partial charge in [0.05, 0.1) is 18.0 Å². The second-order valence-corrected chi connectivity index (χ2v) is 10.2. The molecule has 0 atom stereocenters. The number of nitrogens with zero attached hydrogens (tertiary/aromatic N) is 2. The number of sulfone groups is 1. The van der Waals surface area contributed by atoms with E-state index in [4.69, 9.17) is 16.3 Å². The molecule has 0 bridgehead atoms. The second kappa shape index (κ2) is 11.6. The number of ether oxygens (including phenoxy) is 1. The lowest BCUT2D eigenvalue weighted by Crippen LogP contribution is -2.32. The van der Waals surface area contributed by atoms with E-state index in [-0.39, 0.29) is 29.9 Å². The highest BCUT2D eigenvalue weighted by molar-refractivity contribution is 7.91. The van der Waals surface area contributed by atoms with E-state index < -0.39 is 9.84 Å². The van der Waals surface area contributed by atoms with E-state index in [2.05, 4.69) is 15.6 Å². The zero-order valence-corrected chi connectivity index (χ0v) is 20.4. The summed E-state index contributed by atoms with van der Waals surface area (Å²) >= 11 is 5.95. The molecule has 33 heavy (non-hydrogen) atoms. The lowest BCUT2D eigenvalue weighted by Gasteiger charge is -2.17. The largest absolute Gasteiger partial charge is 0.370 e. The molecular formula is C23H29ClN4O4S. The number of halogens is 1. The number of carbonyl (C=O) groups excluding carboxylic acids is 1. The van der Waals surface area contributed by atoms with Crippen LogP contribution in [0.15, 0.2) is 52.4 Å². The molecule has 3 rings (SSSR count). The highest BCUT2D eigenvalue weighted by Crippen LogP contribution is 2.19. The number of nitrogens with one attached hydrogen (secondary N) is 2. The topological polar surface area (TPSA) is 100 Å². The molecule has 178 valence electrons. The number of hydrogen-bond acceptors (Lipinski definition) is 7. The zero-order chi connectivity index (χ0) is 23.8. The molecule has 0 unspecified atom stereocenters. The minimum atomic E-state index is -3.47. The van der Waals surface area contributed by atoms with Crippen LogP contribution in [0, 0.1) is 6.92 Å². The van der Waals surface area contributed by atoms with Gasteiger partial charge >= 0.3 is 0 Å². The van der Waals surface area contributed by atoms with Gasteiger partial charge in [0.2, 0.25) is 5.91 Å². The molecule has 10 heteroatoms. The zero-order valence-electron chi connectivity index (χ0n) is 18.8. The van der Waals surface area contributed by atoms with Crippen molar-refractivity contribution in [1.29, 1.82) is 0 Å².